The molecule has 0 saturated carbocycles. The van der Waals surface area contributed by atoms with Gasteiger partial charge in [0, 0.05) is 10.8 Å². The Morgan fingerprint density at radius 1 is 1.30 bits per heavy atom. The van der Waals surface area contributed by atoms with Crippen LogP contribution in [0.3, 0.4) is 0 Å². The third kappa shape index (κ3) is 2.85. The largest absolute Gasteiger partial charge is 0.481 e. The number of alkyl halides is 3. The second-order valence-corrected chi connectivity index (χ2v) is 6.38. The summed E-state index contributed by atoms with van der Waals surface area (Å²) in [5, 5.41) is 14.1. The standard InChI is InChI=1S/C16H8F3N3O4S/c17-16(18,19)10-6-27-15(20-10)22-14(25)12-9(5-11(23)24)26-8-4-2-1-3-7(8)13(12)21-22/h1-4,6H,5H2,(H,23,24). The van der Waals surface area contributed by atoms with Gasteiger partial charge in [-0.05, 0) is 12.1 Å². The lowest BCUT2D eigenvalue weighted by atomic mass is 10.1. The first-order valence-electron chi connectivity index (χ1n) is 7.44. The van der Waals surface area contributed by atoms with Gasteiger partial charge < -0.3 is 9.52 Å². The van der Waals surface area contributed by atoms with Crippen molar-refractivity contribution in [1.29, 1.82) is 0 Å². The third-order valence-corrected chi connectivity index (χ3v) is 4.59. The molecule has 0 spiro atoms. The lowest BCUT2D eigenvalue weighted by molar-refractivity contribution is -0.140. The van der Waals surface area contributed by atoms with Gasteiger partial charge in [0.05, 0.1) is 0 Å². The fourth-order valence-electron chi connectivity index (χ4n) is 2.66. The van der Waals surface area contributed by atoms with Crippen molar-refractivity contribution in [3.63, 3.8) is 0 Å². The first-order chi connectivity index (χ1) is 12.8. The first-order valence-corrected chi connectivity index (χ1v) is 8.32. The number of fused-ring (bicyclic) bond motifs is 3. The zero-order valence-corrected chi connectivity index (χ0v) is 14.0. The van der Waals surface area contributed by atoms with Crippen molar-refractivity contribution in [3.8, 4) is 16.4 Å². The number of aromatic nitrogens is 3. The van der Waals surface area contributed by atoms with E-state index in [1.54, 1.807) is 24.3 Å². The van der Waals surface area contributed by atoms with Gasteiger partial charge in [-0.1, -0.05) is 12.1 Å². The Kier molecular flexibility index (Phi) is 3.77. The molecule has 1 aromatic heterocycles. The molecule has 138 valence electrons. The number of para-hydroxylation sites is 1. The minimum absolute atomic E-state index is 0.0974. The molecule has 0 atom stereocenters. The maximum atomic E-state index is 12.8. The number of nitrogens with zero attached hydrogens (tertiary/aromatic N) is 3. The Morgan fingerprint density at radius 2 is 2.04 bits per heavy atom. The summed E-state index contributed by atoms with van der Waals surface area (Å²) in [5.74, 6) is -1.35. The van der Waals surface area contributed by atoms with E-state index in [0.29, 0.717) is 22.3 Å². The fourth-order valence-corrected chi connectivity index (χ4v) is 3.44. The van der Waals surface area contributed by atoms with Crippen LogP contribution in [0.1, 0.15) is 11.5 Å². The first kappa shape index (κ1) is 17.2. The van der Waals surface area contributed by atoms with Crippen LogP contribution in [0, 0.1) is 0 Å². The average molecular weight is 395 g/mol. The van der Waals surface area contributed by atoms with Crippen LogP contribution in [0.2, 0.25) is 0 Å². The maximum absolute atomic E-state index is 12.8. The number of hydrogen-bond donors (Lipinski definition) is 1. The second-order valence-electron chi connectivity index (χ2n) is 5.55. The Hall–Kier alpha value is -3.21. The van der Waals surface area contributed by atoms with Crippen LogP contribution >= 0.6 is 11.3 Å². The van der Waals surface area contributed by atoms with E-state index >= 15 is 0 Å². The van der Waals surface area contributed by atoms with Crippen molar-refractivity contribution in [1.82, 2.24) is 14.8 Å². The number of hydrogen-bond acceptors (Lipinski definition) is 6. The van der Waals surface area contributed by atoms with Crippen molar-refractivity contribution >= 4 is 28.3 Å². The molecule has 7 nitrogen and oxygen atoms in total. The van der Waals surface area contributed by atoms with Crippen LogP contribution in [-0.2, 0) is 17.4 Å². The minimum Gasteiger partial charge on any atom is -0.481 e. The van der Waals surface area contributed by atoms with Crippen LogP contribution in [-0.4, -0.2) is 25.8 Å². The molecule has 0 unspecified atom stereocenters. The molecule has 1 N–H and O–H groups in total. The number of benzene rings is 1. The SMILES string of the molecule is O=C(O)Cc1oc2ccccc2c2nn(-c3nc(C(F)(F)F)cs3)c(=O)c1-2. The highest BCUT2D eigenvalue weighted by Gasteiger charge is 2.35. The maximum Gasteiger partial charge on any atom is 0.434 e. The van der Waals surface area contributed by atoms with Crippen LogP contribution in [0.25, 0.3) is 27.4 Å². The highest BCUT2D eigenvalue weighted by Crippen LogP contribution is 2.34. The second kappa shape index (κ2) is 5.91. The molecule has 0 aliphatic carbocycles. The van der Waals surface area contributed by atoms with Crippen molar-refractivity contribution in [2.75, 3.05) is 0 Å². The highest BCUT2D eigenvalue weighted by atomic mass is 32.1. The molecule has 0 saturated heterocycles. The number of aliphatic carboxylic acids is 1. The number of carboxylic acids is 1. The van der Waals surface area contributed by atoms with E-state index in [1.165, 1.54) is 0 Å². The molecule has 0 radical (unpaired) electrons. The van der Waals surface area contributed by atoms with Crippen molar-refractivity contribution in [2.45, 2.75) is 12.6 Å². The van der Waals surface area contributed by atoms with E-state index in [-0.39, 0.29) is 22.1 Å². The zero-order chi connectivity index (χ0) is 19.3. The molecular formula is C16H8F3N3O4S. The van der Waals surface area contributed by atoms with Gasteiger partial charge in [-0.15, -0.1) is 11.3 Å². The number of rotatable bonds is 3. The van der Waals surface area contributed by atoms with E-state index in [9.17, 15) is 22.8 Å². The Bertz CT molecular complexity index is 1210. The number of carboxylic acid groups (broad SMARTS) is 1. The molecule has 27 heavy (non-hydrogen) atoms. The summed E-state index contributed by atoms with van der Waals surface area (Å²) in [4.78, 5) is 27.3. The van der Waals surface area contributed by atoms with E-state index in [0.717, 1.165) is 10.1 Å². The van der Waals surface area contributed by atoms with Crippen molar-refractivity contribution in [2.24, 2.45) is 0 Å². The van der Waals surface area contributed by atoms with Gasteiger partial charge in [-0.3, -0.25) is 9.59 Å². The smallest absolute Gasteiger partial charge is 0.434 e. The number of thiazole rings is 1. The molecule has 0 bridgehead atoms. The van der Waals surface area contributed by atoms with E-state index < -0.39 is 29.8 Å². The summed E-state index contributed by atoms with van der Waals surface area (Å²) in [6, 6.07) is 6.52. The molecule has 0 fully saturated rings. The Morgan fingerprint density at radius 3 is 2.70 bits per heavy atom. The average Bonchev–Trinajstić information content (AvgIpc) is 3.19. The molecule has 4 rings (SSSR count). The van der Waals surface area contributed by atoms with Gasteiger partial charge in [-0.2, -0.15) is 23.0 Å². The lowest BCUT2D eigenvalue weighted by Crippen LogP contribution is -2.16. The molecule has 2 aromatic rings. The van der Waals surface area contributed by atoms with Gasteiger partial charge in [0.2, 0.25) is 5.13 Å². The van der Waals surface area contributed by atoms with Crippen LogP contribution in [0.4, 0.5) is 13.2 Å². The predicted octanol–water partition coefficient (Wildman–Crippen LogP) is 3.19. The van der Waals surface area contributed by atoms with E-state index in [2.05, 4.69) is 10.1 Å². The summed E-state index contributed by atoms with van der Waals surface area (Å²) in [5.41, 5.74) is -1.58. The normalized spacial score (nSPS) is 12.1. The van der Waals surface area contributed by atoms with Crippen molar-refractivity contribution in [3.05, 3.63) is 51.5 Å². The zero-order valence-electron chi connectivity index (χ0n) is 13.1. The molecule has 0 amide bonds. The predicted molar refractivity (Wildman–Crippen MR) is 88.2 cm³/mol. The van der Waals surface area contributed by atoms with Crippen LogP contribution in [0.15, 0.2) is 38.9 Å². The Labute approximate surface area is 151 Å². The van der Waals surface area contributed by atoms with Gasteiger partial charge >= 0.3 is 12.1 Å². The molecule has 3 heterocycles. The summed E-state index contributed by atoms with van der Waals surface area (Å²) in [7, 11) is 0. The Balaban J connectivity index is 2.01. The fraction of sp³-hybridized carbons (Fsp3) is 0.125. The minimum atomic E-state index is -4.65. The summed E-state index contributed by atoms with van der Waals surface area (Å²) < 4.78 is 44.7. The summed E-state index contributed by atoms with van der Waals surface area (Å²) in [6.07, 6.45) is -5.23. The molecule has 1 aromatic carbocycles. The topological polar surface area (TPSA) is 98.2 Å². The molecule has 2 aliphatic heterocycles. The summed E-state index contributed by atoms with van der Waals surface area (Å²) >= 11 is 0.606. The number of halogens is 3. The monoisotopic (exact) mass is 395 g/mol. The van der Waals surface area contributed by atoms with Crippen molar-refractivity contribution < 1.29 is 27.5 Å². The van der Waals surface area contributed by atoms with E-state index in [1.807, 2.05) is 0 Å². The van der Waals surface area contributed by atoms with Gasteiger partial charge in [-0.25, -0.2) is 4.98 Å². The number of carbonyl (C=O) groups is 1. The van der Waals surface area contributed by atoms with Gasteiger partial charge in [0.15, 0.2) is 5.69 Å². The molecule has 2 aliphatic rings. The lowest BCUT2D eigenvalue weighted by Gasteiger charge is -2.06. The van der Waals surface area contributed by atoms with Gasteiger partial charge in [0.1, 0.15) is 29.0 Å². The summed E-state index contributed by atoms with van der Waals surface area (Å²) in [6.45, 7) is 0. The highest BCUT2D eigenvalue weighted by molar-refractivity contribution is 7.12. The molecular weight excluding hydrogens is 387 g/mol. The van der Waals surface area contributed by atoms with Crippen LogP contribution < -0.4 is 5.56 Å². The molecule has 11 heteroatoms. The van der Waals surface area contributed by atoms with Gasteiger partial charge in [0.25, 0.3) is 5.56 Å². The van der Waals surface area contributed by atoms with E-state index in [4.69, 9.17) is 9.52 Å². The van der Waals surface area contributed by atoms with Crippen LogP contribution in [0.5, 0.6) is 0 Å². The quantitative estimate of drug-likeness (QED) is 0.572. The third-order valence-electron chi connectivity index (χ3n) is 3.77.